The quantitative estimate of drug-likeness (QED) is 0.841. The summed E-state index contributed by atoms with van der Waals surface area (Å²) in [4.78, 5) is 11.8. The van der Waals surface area contributed by atoms with E-state index in [1.54, 1.807) is 18.3 Å². The van der Waals surface area contributed by atoms with E-state index in [1.807, 2.05) is 24.3 Å². The minimum atomic E-state index is -0.128. The lowest BCUT2D eigenvalue weighted by molar-refractivity contribution is -0.115. The molecule has 0 radical (unpaired) electrons. The van der Waals surface area contributed by atoms with Gasteiger partial charge < -0.3 is 11.1 Å². The second kappa shape index (κ2) is 5.88. The predicted molar refractivity (Wildman–Crippen MR) is 68.7 cm³/mol. The van der Waals surface area contributed by atoms with Crippen LogP contribution in [-0.4, -0.2) is 16.1 Å². The number of amides is 1. The second-order valence-corrected chi connectivity index (χ2v) is 3.81. The molecule has 5 heteroatoms. The van der Waals surface area contributed by atoms with Gasteiger partial charge in [-0.25, -0.2) is 0 Å². The normalized spacial score (nSPS) is 10.1. The number of nitrogens with one attached hydrogen (secondary N) is 1. The molecule has 3 N–H and O–H groups in total. The molecule has 0 fully saturated rings. The van der Waals surface area contributed by atoms with Gasteiger partial charge in [0.15, 0.2) is 5.82 Å². The highest BCUT2D eigenvalue weighted by Gasteiger charge is 2.07. The van der Waals surface area contributed by atoms with E-state index in [2.05, 4.69) is 15.5 Å². The molecule has 1 aromatic heterocycles. The zero-order chi connectivity index (χ0) is 12.8. The fourth-order valence-electron chi connectivity index (χ4n) is 1.66. The molecule has 1 aromatic carbocycles. The van der Waals surface area contributed by atoms with Crippen molar-refractivity contribution in [3.63, 3.8) is 0 Å². The van der Waals surface area contributed by atoms with Crippen molar-refractivity contribution in [1.29, 1.82) is 0 Å². The molecule has 2 rings (SSSR count). The molecule has 92 valence electrons. The van der Waals surface area contributed by atoms with E-state index in [-0.39, 0.29) is 12.3 Å². The van der Waals surface area contributed by atoms with Gasteiger partial charge in [-0.05, 0) is 23.3 Å². The van der Waals surface area contributed by atoms with Crippen LogP contribution in [0.5, 0.6) is 0 Å². The Morgan fingerprint density at radius 1 is 1.17 bits per heavy atom. The van der Waals surface area contributed by atoms with Crippen LogP contribution in [0.1, 0.15) is 11.1 Å². The summed E-state index contributed by atoms with van der Waals surface area (Å²) < 4.78 is 0. The van der Waals surface area contributed by atoms with Gasteiger partial charge in [0.05, 0.1) is 6.42 Å². The van der Waals surface area contributed by atoms with Crippen LogP contribution >= 0.6 is 0 Å². The third-order valence-electron chi connectivity index (χ3n) is 2.53. The van der Waals surface area contributed by atoms with Gasteiger partial charge in [0.25, 0.3) is 0 Å². The molecule has 18 heavy (non-hydrogen) atoms. The zero-order valence-electron chi connectivity index (χ0n) is 9.84. The molecule has 0 bridgehead atoms. The Hall–Kier alpha value is -2.27. The van der Waals surface area contributed by atoms with Gasteiger partial charge in [0, 0.05) is 12.7 Å². The Morgan fingerprint density at radius 2 is 1.94 bits per heavy atom. The number of benzene rings is 1. The average molecular weight is 242 g/mol. The van der Waals surface area contributed by atoms with Gasteiger partial charge >= 0.3 is 0 Å². The van der Waals surface area contributed by atoms with E-state index >= 15 is 0 Å². The van der Waals surface area contributed by atoms with E-state index in [0.717, 1.165) is 11.1 Å². The van der Waals surface area contributed by atoms with Gasteiger partial charge in [0.1, 0.15) is 0 Å². The Kier molecular flexibility index (Phi) is 3.98. The van der Waals surface area contributed by atoms with Crippen molar-refractivity contribution in [2.24, 2.45) is 5.73 Å². The lowest BCUT2D eigenvalue weighted by Gasteiger charge is -2.07. The summed E-state index contributed by atoms with van der Waals surface area (Å²) in [6.45, 7) is 0.425. The summed E-state index contributed by atoms with van der Waals surface area (Å²) in [6, 6.07) is 11.0. The Bertz CT molecular complexity index is 528. The van der Waals surface area contributed by atoms with Crippen molar-refractivity contribution in [1.82, 2.24) is 10.2 Å². The highest BCUT2D eigenvalue weighted by Crippen LogP contribution is 2.09. The smallest absolute Gasteiger partial charge is 0.230 e. The second-order valence-electron chi connectivity index (χ2n) is 3.81. The van der Waals surface area contributed by atoms with Crippen molar-refractivity contribution < 1.29 is 4.79 Å². The maximum Gasteiger partial charge on any atom is 0.230 e. The molecule has 2 aromatic rings. The van der Waals surface area contributed by atoms with Gasteiger partial charge in [-0.2, -0.15) is 5.10 Å². The number of aromatic nitrogens is 2. The van der Waals surface area contributed by atoms with Crippen molar-refractivity contribution in [2.75, 3.05) is 5.32 Å². The zero-order valence-corrected chi connectivity index (χ0v) is 9.84. The number of anilines is 1. The lowest BCUT2D eigenvalue weighted by atomic mass is 10.0. The van der Waals surface area contributed by atoms with Gasteiger partial charge in [-0.1, -0.05) is 24.3 Å². The molecular formula is C13H14N4O. The van der Waals surface area contributed by atoms with Crippen LogP contribution in [0.3, 0.4) is 0 Å². The van der Waals surface area contributed by atoms with Gasteiger partial charge in [0.2, 0.25) is 5.91 Å². The van der Waals surface area contributed by atoms with Gasteiger partial charge in [-0.3, -0.25) is 4.79 Å². The summed E-state index contributed by atoms with van der Waals surface area (Å²) in [7, 11) is 0. The molecule has 1 heterocycles. The first kappa shape index (κ1) is 12.2. The van der Waals surface area contributed by atoms with Crippen LogP contribution in [0.15, 0.2) is 42.6 Å². The van der Waals surface area contributed by atoms with Crippen LogP contribution in [0.2, 0.25) is 0 Å². The standard InChI is InChI=1S/C13H14N4O/c14-9-11-5-2-1-4-10(11)8-13(18)16-12-6-3-7-15-17-12/h1-7H,8-9,14H2,(H,16,17,18). The van der Waals surface area contributed by atoms with E-state index in [0.29, 0.717) is 12.4 Å². The Morgan fingerprint density at radius 3 is 2.61 bits per heavy atom. The number of carbonyl (C=O) groups is 1. The molecule has 1 amide bonds. The summed E-state index contributed by atoms with van der Waals surface area (Å²) in [5.41, 5.74) is 7.54. The SMILES string of the molecule is NCc1ccccc1CC(=O)Nc1cccnn1. The molecule has 0 aliphatic rings. The van der Waals surface area contributed by atoms with Crippen molar-refractivity contribution in [2.45, 2.75) is 13.0 Å². The summed E-state index contributed by atoms with van der Waals surface area (Å²) in [5.74, 6) is 0.323. The predicted octanol–water partition coefficient (Wildman–Crippen LogP) is 1.12. The number of hydrogen-bond acceptors (Lipinski definition) is 4. The largest absolute Gasteiger partial charge is 0.326 e. The minimum Gasteiger partial charge on any atom is -0.326 e. The van der Waals surface area contributed by atoms with Crippen molar-refractivity contribution >= 4 is 11.7 Å². The number of nitrogens with two attached hydrogens (primary N) is 1. The van der Waals surface area contributed by atoms with Crippen LogP contribution in [-0.2, 0) is 17.8 Å². The fourth-order valence-corrected chi connectivity index (χ4v) is 1.66. The van der Waals surface area contributed by atoms with E-state index in [4.69, 9.17) is 5.73 Å². The average Bonchev–Trinajstić information content (AvgIpc) is 2.40. The fraction of sp³-hybridized carbons (Fsp3) is 0.154. The summed E-state index contributed by atoms with van der Waals surface area (Å²) in [5, 5.41) is 10.2. The van der Waals surface area contributed by atoms with Crippen LogP contribution in [0.4, 0.5) is 5.82 Å². The molecular weight excluding hydrogens is 228 g/mol. The molecule has 0 aliphatic heterocycles. The topological polar surface area (TPSA) is 80.9 Å². The molecule has 0 saturated carbocycles. The first-order valence-electron chi connectivity index (χ1n) is 5.64. The summed E-state index contributed by atoms with van der Waals surface area (Å²) >= 11 is 0. The molecule has 0 atom stereocenters. The minimum absolute atomic E-state index is 0.128. The van der Waals surface area contributed by atoms with Crippen molar-refractivity contribution in [3.8, 4) is 0 Å². The monoisotopic (exact) mass is 242 g/mol. The maximum atomic E-state index is 11.8. The van der Waals surface area contributed by atoms with Crippen LogP contribution in [0.25, 0.3) is 0 Å². The van der Waals surface area contributed by atoms with Crippen LogP contribution < -0.4 is 11.1 Å². The van der Waals surface area contributed by atoms with Gasteiger partial charge in [-0.15, -0.1) is 5.10 Å². The van der Waals surface area contributed by atoms with E-state index in [9.17, 15) is 4.79 Å². The Labute approximate surface area is 105 Å². The highest BCUT2D eigenvalue weighted by molar-refractivity contribution is 5.91. The van der Waals surface area contributed by atoms with E-state index in [1.165, 1.54) is 0 Å². The molecule has 0 unspecified atom stereocenters. The number of hydrogen-bond donors (Lipinski definition) is 2. The van der Waals surface area contributed by atoms with Crippen LogP contribution in [0, 0.1) is 0 Å². The summed E-state index contributed by atoms with van der Waals surface area (Å²) in [6.07, 6.45) is 1.84. The molecule has 0 aliphatic carbocycles. The molecule has 0 spiro atoms. The molecule has 0 saturated heterocycles. The lowest BCUT2D eigenvalue weighted by Crippen LogP contribution is -2.17. The third-order valence-corrected chi connectivity index (χ3v) is 2.53. The highest BCUT2D eigenvalue weighted by atomic mass is 16.1. The third kappa shape index (κ3) is 3.11. The van der Waals surface area contributed by atoms with E-state index < -0.39 is 0 Å². The van der Waals surface area contributed by atoms with Crippen molar-refractivity contribution in [3.05, 3.63) is 53.7 Å². The molecule has 5 nitrogen and oxygen atoms in total. The first-order valence-corrected chi connectivity index (χ1v) is 5.64. The number of carbonyl (C=O) groups excluding carboxylic acids is 1. The number of nitrogens with zero attached hydrogens (tertiary/aromatic N) is 2. The number of rotatable bonds is 4. The maximum absolute atomic E-state index is 11.8. The Balaban J connectivity index is 2.03. The first-order chi connectivity index (χ1) is 8.79.